The number of aliphatic carboxylic acids is 1. The summed E-state index contributed by atoms with van der Waals surface area (Å²) in [5, 5.41) is 11.6. The monoisotopic (exact) mass is 387 g/mol. The lowest BCUT2D eigenvalue weighted by Crippen LogP contribution is -2.23. The SMILES string of the molecule is CCOc1cc(C(=O)NCc2ccc(OC(C)C)cc2)ccc1OCC(=O)O. The largest absolute Gasteiger partial charge is 0.491 e. The summed E-state index contributed by atoms with van der Waals surface area (Å²) in [6, 6.07) is 12.1. The highest BCUT2D eigenvalue weighted by atomic mass is 16.5. The second-order valence-electron chi connectivity index (χ2n) is 6.27. The Morgan fingerprint density at radius 2 is 1.75 bits per heavy atom. The molecule has 2 N–H and O–H groups in total. The van der Waals surface area contributed by atoms with Gasteiger partial charge in [-0.25, -0.2) is 4.79 Å². The fraction of sp³-hybridized carbons (Fsp3) is 0.333. The lowest BCUT2D eigenvalue weighted by Gasteiger charge is -2.13. The van der Waals surface area contributed by atoms with Crippen molar-refractivity contribution >= 4 is 11.9 Å². The highest BCUT2D eigenvalue weighted by Crippen LogP contribution is 2.28. The lowest BCUT2D eigenvalue weighted by atomic mass is 10.1. The molecule has 2 rings (SSSR count). The lowest BCUT2D eigenvalue weighted by molar-refractivity contribution is -0.139. The molecule has 0 aromatic heterocycles. The van der Waals surface area contributed by atoms with Crippen molar-refractivity contribution in [3.63, 3.8) is 0 Å². The van der Waals surface area contributed by atoms with E-state index in [1.807, 2.05) is 38.1 Å². The summed E-state index contributed by atoms with van der Waals surface area (Å²) in [6.07, 6.45) is 0.104. The van der Waals surface area contributed by atoms with E-state index in [2.05, 4.69) is 5.32 Å². The summed E-state index contributed by atoms with van der Waals surface area (Å²) >= 11 is 0. The third kappa shape index (κ3) is 6.50. The molecule has 0 aliphatic rings. The zero-order valence-corrected chi connectivity index (χ0v) is 16.2. The predicted octanol–water partition coefficient (Wildman–Crippen LogP) is 3.27. The van der Waals surface area contributed by atoms with Crippen LogP contribution >= 0.6 is 0 Å². The summed E-state index contributed by atoms with van der Waals surface area (Å²) in [4.78, 5) is 23.1. The van der Waals surface area contributed by atoms with E-state index < -0.39 is 12.6 Å². The number of carboxylic acids is 1. The van der Waals surface area contributed by atoms with Gasteiger partial charge in [-0.2, -0.15) is 0 Å². The van der Waals surface area contributed by atoms with E-state index in [-0.39, 0.29) is 17.8 Å². The van der Waals surface area contributed by atoms with Gasteiger partial charge in [-0.3, -0.25) is 4.79 Å². The molecule has 0 spiro atoms. The second kappa shape index (κ2) is 10.2. The van der Waals surface area contributed by atoms with E-state index >= 15 is 0 Å². The van der Waals surface area contributed by atoms with Crippen molar-refractivity contribution in [2.45, 2.75) is 33.4 Å². The topological polar surface area (TPSA) is 94.1 Å². The standard InChI is InChI=1S/C21H25NO6/c1-4-26-19-11-16(7-10-18(19)27-13-20(23)24)21(25)22-12-15-5-8-17(9-6-15)28-14(2)3/h5-11,14H,4,12-13H2,1-3H3,(H,22,25)(H,23,24). The fourth-order valence-corrected chi connectivity index (χ4v) is 2.42. The second-order valence-corrected chi connectivity index (χ2v) is 6.27. The molecule has 0 bridgehead atoms. The molecule has 0 unspecified atom stereocenters. The van der Waals surface area contributed by atoms with Gasteiger partial charge in [0.05, 0.1) is 12.7 Å². The van der Waals surface area contributed by atoms with E-state index in [1.165, 1.54) is 12.1 Å². The number of ether oxygens (including phenoxy) is 3. The normalized spacial score (nSPS) is 10.4. The van der Waals surface area contributed by atoms with Gasteiger partial charge < -0.3 is 24.6 Å². The number of rotatable bonds is 10. The number of hydrogen-bond donors (Lipinski definition) is 2. The molecule has 1 amide bonds. The third-order valence-corrected chi connectivity index (χ3v) is 3.61. The highest BCUT2D eigenvalue weighted by molar-refractivity contribution is 5.94. The molecule has 0 saturated heterocycles. The maximum atomic E-state index is 12.4. The fourth-order valence-electron chi connectivity index (χ4n) is 2.42. The Morgan fingerprint density at radius 3 is 2.36 bits per heavy atom. The van der Waals surface area contributed by atoms with Gasteiger partial charge in [0.15, 0.2) is 18.1 Å². The van der Waals surface area contributed by atoms with Gasteiger partial charge >= 0.3 is 5.97 Å². The van der Waals surface area contributed by atoms with Crippen LogP contribution in [0.5, 0.6) is 17.2 Å². The maximum absolute atomic E-state index is 12.4. The van der Waals surface area contributed by atoms with Gasteiger partial charge in [-0.05, 0) is 56.7 Å². The Bertz CT molecular complexity index is 801. The van der Waals surface area contributed by atoms with E-state index in [0.717, 1.165) is 11.3 Å². The number of amides is 1. The molecular weight excluding hydrogens is 362 g/mol. The van der Waals surface area contributed by atoms with Crippen molar-refractivity contribution in [1.29, 1.82) is 0 Å². The number of nitrogens with one attached hydrogen (secondary N) is 1. The Morgan fingerprint density at radius 1 is 1.04 bits per heavy atom. The third-order valence-electron chi connectivity index (χ3n) is 3.61. The van der Waals surface area contributed by atoms with Gasteiger partial charge in [0.25, 0.3) is 5.91 Å². The van der Waals surface area contributed by atoms with E-state index in [4.69, 9.17) is 19.3 Å². The molecule has 7 heteroatoms. The zero-order valence-electron chi connectivity index (χ0n) is 16.2. The average Bonchev–Trinajstić information content (AvgIpc) is 2.66. The molecule has 2 aromatic rings. The number of carbonyl (C=O) groups excluding carboxylic acids is 1. The van der Waals surface area contributed by atoms with Crippen LogP contribution in [-0.2, 0) is 11.3 Å². The number of carboxylic acid groups (broad SMARTS) is 1. The molecule has 0 aliphatic heterocycles. The van der Waals surface area contributed by atoms with Gasteiger partial charge in [-0.15, -0.1) is 0 Å². The Labute approximate surface area is 164 Å². The van der Waals surface area contributed by atoms with Crippen molar-refractivity contribution in [2.75, 3.05) is 13.2 Å². The molecule has 0 saturated carbocycles. The minimum Gasteiger partial charge on any atom is -0.491 e. The Hall–Kier alpha value is -3.22. The molecule has 0 radical (unpaired) electrons. The molecule has 28 heavy (non-hydrogen) atoms. The first-order chi connectivity index (χ1) is 13.4. The molecule has 150 valence electrons. The first kappa shape index (κ1) is 21.1. The van der Waals surface area contributed by atoms with Crippen LogP contribution < -0.4 is 19.5 Å². The summed E-state index contributed by atoms with van der Waals surface area (Å²) in [7, 11) is 0. The van der Waals surface area contributed by atoms with Crippen LogP contribution in [0.15, 0.2) is 42.5 Å². The molecule has 0 fully saturated rings. The maximum Gasteiger partial charge on any atom is 0.341 e. The number of hydrogen-bond acceptors (Lipinski definition) is 5. The van der Waals surface area contributed by atoms with Crippen LogP contribution in [0.3, 0.4) is 0 Å². The smallest absolute Gasteiger partial charge is 0.341 e. The summed E-state index contributed by atoms with van der Waals surface area (Å²) in [5.74, 6) is 0.0267. The van der Waals surface area contributed by atoms with E-state index in [9.17, 15) is 9.59 Å². The minimum absolute atomic E-state index is 0.104. The van der Waals surface area contributed by atoms with Crippen LogP contribution in [0.1, 0.15) is 36.7 Å². The molecule has 0 atom stereocenters. The van der Waals surface area contributed by atoms with Crippen molar-refractivity contribution in [1.82, 2.24) is 5.32 Å². The minimum atomic E-state index is -1.09. The van der Waals surface area contributed by atoms with Crippen molar-refractivity contribution in [3.05, 3.63) is 53.6 Å². The van der Waals surface area contributed by atoms with Crippen LogP contribution in [0.2, 0.25) is 0 Å². The van der Waals surface area contributed by atoms with Crippen LogP contribution in [-0.4, -0.2) is 36.3 Å². The number of benzene rings is 2. The molecular formula is C21H25NO6. The number of carbonyl (C=O) groups is 2. The van der Waals surface area contributed by atoms with Gasteiger partial charge in [0, 0.05) is 12.1 Å². The van der Waals surface area contributed by atoms with Gasteiger partial charge in [-0.1, -0.05) is 12.1 Å². The molecule has 7 nitrogen and oxygen atoms in total. The van der Waals surface area contributed by atoms with Crippen LogP contribution in [0, 0.1) is 0 Å². The van der Waals surface area contributed by atoms with Gasteiger partial charge in [0.1, 0.15) is 5.75 Å². The molecule has 0 heterocycles. The highest BCUT2D eigenvalue weighted by Gasteiger charge is 2.13. The predicted molar refractivity (Wildman–Crippen MR) is 104 cm³/mol. The van der Waals surface area contributed by atoms with Crippen molar-refractivity contribution < 1.29 is 28.9 Å². The molecule has 0 aliphatic carbocycles. The van der Waals surface area contributed by atoms with E-state index in [1.54, 1.807) is 13.0 Å². The van der Waals surface area contributed by atoms with Crippen molar-refractivity contribution in [2.24, 2.45) is 0 Å². The van der Waals surface area contributed by atoms with E-state index in [0.29, 0.717) is 24.5 Å². The summed E-state index contributed by atoms with van der Waals surface area (Å²) < 4.78 is 16.2. The summed E-state index contributed by atoms with van der Waals surface area (Å²) in [5.41, 5.74) is 1.33. The quantitative estimate of drug-likeness (QED) is 0.650. The molecule has 2 aromatic carbocycles. The average molecular weight is 387 g/mol. The van der Waals surface area contributed by atoms with Crippen LogP contribution in [0.4, 0.5) is 0 Å². The van der Waals surface area contributed by atoms with Crippen molar-refractivity contribution in [3.8, 4) is 17.2 Å². The zero-order chi connectivity index (χ0) is 20.5. The Kier molecular flexibility index (Phi) is 7.68. The Balaban J connectivity index is 2.00. The van der Waals surface area contributed by atoms with Crippen LogP contribution in [0.25, 0.3) is 0 Å². The first-order valence-corrected chi connectivity index (χ1v) is 9.04. The van der Waals surface area contributed by atoms with Gasteiger partial charge in [0.2, 0.25) is 0 Å². The summed E-state index contributed by atoms with van der Waals surface area (Å²) in [6.45, 7) is 5.95. The first-order valence-electron chi connectivity index (χ1n) is 9.04.